The number of benzene rings is 9. The molecular weight excluding hydrogens is 647 g/mol. The summed E-state index contributed by atoms with van der Waals surface area (Å²) >= 11 is 1.88. The minimum Gasteiger partial charge on any atom is -0.310 e. The van der Waals surface area contributed by atoms with Crippen molar-refractivity contribution >= 4 is 70.1 Å². The van der Waals surface area contributed by atoms with Gasteiger partial charge in [-0.3, -0.25) is 0 Å². The minimum atomic E-state index is 1.12. The van der Waals surface area contributed by atoms with Crippen molar-refractivity contribution < 1.29 is 0 Å². The van der Waals surface area contributed by atoms with Gasteiger partial charge in [-0.15, -0.1) is 11.3 Å². The topological polar surface area (TPSA) is 3.24 Å². The van der Waals surface area contributed by atoms with Crippen molar-refractivity contribution in [3.8, 4) is 33.4 Å². The first kappa shape index (κ1) is 30.4. The molecule has 2 heteroatoms. The van der Waals surface area contributed by atoms with Crippen molar-refractivity contribution in [2.45, 2.75) is 0 Å². The fourth-order valence-electron chi connectivity index (χ4n) is 7.71. The van der Waals surface area contributed by atoms with Crippen LogP contribution in [0.15, 0.2) is 200 Å². The molecule has 0 fully saturated rings. The molecule has 0 amide bonds. The first-order valence-corrected chi connectivity index (χ1v) is 18.6. The second-order valence-corrected chi connectivity index (χ2v) is 14.4. The van der Waals surface area contributed by atoms with Gasteiger partial charge in [-0.05, 0) is 91.3 Å². The Balaban J connectivity index is 1.22. The Morgan fingerprint density at radius 1 is 0.346 bits per heavy atom. The van der Waals surface area contributed by atoms with E-state index in [1.807, 2.05) is 11.3 Å². The standard InChI is InChI=1S/C50H33NS/c1-3-12-34(13-4-1)36-22-24-38(25-23-36)44-30-31-47(49-45-20-9-10-21-48(45)52-50(44)49)51(41-18-11-17-40(32-41)35-14-5-2-6-15-35)42-29-28-39-27-26-37-16-7-8-19-43(37)46(39)33-42/h1-33H. The summed E-state index contributed by atoms with van der Waals surface area (Å²) in [5.74, 6) is 0. The van der Waals surface area contributed by atoms with Gasteiger partial charge in [0, 0.05) is 31.5 Å². The van der Waals surface area contributed by atoms with E-state index >= 15 is 0 Å². The molecule has 0 aliphatic carbocycles. The highest BCUT2D eigenvalue weighted by molar-refractivity contribution is 7.26. The van der Waals surface area contributed by atoms with Gasteiger partial charge in [0.1, 0.15) is 0 Å². The summed E-state index contributed by atoms with van der Waals surface area (Å²) in [6, 6.07) is 72.9. The summed E-state index contributed by atoms with van der Waals surface area (Å²) in [6.45, 7) is 0. The van der Waals surface area contributed by atoms with Crippen LogP contribution in [0.1, 0.15) is 0 Å². The van der Waals surface area contributed by atoms with Crippen molar-refractivity contribution in [1.29, 1.82) is 0 Å². The molecule has 0 radical (unpaired) electrons. The molecule has 52 heavy (non-hydrogen) atoms. The summed E-state index contributed by atoms with van der Waals surface area (Å²) in [5, 5.41) is 7.55. The molecule has 10 aromatic rings. The molecule has 0 N–H and O–H groups in total. The highest BCUT2D eigenvalue weighted by atomic mass is 32.1. The summed E-state index contributed by atoms with van der Waals surface area (Å²) < 4.78 is 2.58. The number of thiophene rings is 1. The van der Waals surface area contributed by atoms with Crippen molar-refractivity contribution in [2.24, 2.45) is 0 Å². The van der Waals surface area contributed by atoms with Gasteiger partial charge in [0.2, 0.25) is 0 Å². The van der Waals surface area contributed by atoms with Crippen LogP contribution in [0.25, 0.3) is 75.1 Å². The van der Waals surface area contributed by atoms with E-state index in [0.29, 0.717) is 0 Å². The number of hydrogen-bond donors (Lipinski definition) is 0. The Bertz CT molecular complexity index is 2890. The van der Waals surface area contributed by atoms with Crippen LogP contribution in [0.5, 0.6) is 0 Å². The maximum atomic E-state index is 2.47. The van der Waals surface area contributed by atoms with E-state index < -0.39 is 0 Å². The van der Waals surface area contributed by atoms with Gasteiger partial charge in [-0.1, -0.05) is 164 Å². The van der Waals surface area contributed by atoms with Crippen molar-refractivity contribution in [3.05, 3.63) is 200 Å². The summed E-state index contributed by atoms with van der Waals surface area (Å²) in [6.07, 6.45) is 0. The lowest BCUT2D eigenvalue weighted by molar-refractivity contribution is 1.31. The molecule has 0 spiro atoms. The lowest BCUT2D eigenvalue weighted by Gasteiger charge is -2.28. The van der Waals surface area contributed by atoms with Gasteiger partial charge in [-0.25, -0.2) is 0 Å². The lowest BCUT2D eigenvalue weighted by Crippen LogP contribution is -2.10. The minimum absolute atomic E-state index is 1.12. The van der Waals surface area contributed by atoms with Crippen LogP contribution in [-0.2, 0) is 0 Å². The van der Waals surface area contributed by atoms with Crippen molar-refractivity contribution in [3.63, 3.8) is 0 Å². The van der Waals surface area contributed by atoms with E-state index in [1.165, 1.54) is 80.8 Å². The highest BCUT2D eigenvalue weighted by Crippen LogP contribution is 2.49. The third kappa shape index (κ3) is 5.24. The normalized spacial score (nSPS) is 11.5. The van der Waals surface area contributed by atoms with E-state index in [-0.39, 0.29) is 0 Å². The monoisotopic (exact) mass is 679 g/mol. The molecular formula is C50H33NS. The van der Waals surface area contributed by atoms with E-state index in [9.17, 15) is 0 Å². The predicted octanol–water partition coefficient (Wildman–Crippen LogP) is 14.8. The first-order valence-electron chi connectivity index (χ1n) is 17.8. The quantitative estimate of drug-likeness (QED) is 0.158. The lowest BCUT2D eigenvalue weighted by atomic mass is 9.97. The maximum absolute atomic E-state index is 2.47. The molecule has 0 aliphatic heterocycles. The van der Waals surface area contributed by atoms with Crippen molar-refractivity contribution in [2.75, 3.05) is 4.90 Å². The highest BCUT2D eigenvalue weighted by Gasteiger charge is 2.22. The third-order valence-corrected chi connectivity index (χ3v) is 11.5. The molecule has 0 atom stereocenters. The number of hydrogen-bond acceptors (Lipinski definition) is 2. The second-order valence-electron chi connectivity index (χ2n) is 13.3. The number of rotatable bonds is 6. The number of nitrogens with zero attached hydrogens (tertiary/aromatic N) is 1. The van der Waals surface area contributed by atoms with E-state index in [4.69, 9.17) is 0 Å². The molecule has 1 heterocycles. The smallest absolute Gasteiger partial charge is 0.0555 e. The molecule has 1 aromatic heterocycles. The van der Waals surface area contributed by atoms with Gasteiger partial charge in [0.25, 0.3) is 0 Å². The number of fused-ring (bicyclic) bond motifs is 6. The number of anilines is 3. The molecule has 1 nitrogen and oxygen atoms in total. The van der Waals surface area contributed by atoms with Crippen molar-refractivity contribution in [1.82, 2.24) is 0 Å². The first-order chi connectivity index (χ1) is 25.8. The largest absolute Gasteiger partial charge is 0.310 e. The Morgan fingerprint density at radius 2 is 0.923 bits per heavy atom. The molecule has 0 aliphatic rings. The van der Waals surface area contributed by atoms with Gasteiger partial charge in [-0.2, -0.15) is 0 Å². The van der Waals surface area contributed by atoms with E-state index in [0.717, 1.165) is 11.4 Å². The summed E-state index contributed by atoms with van der Waals surface area (Å²) in [4.78, 5) is 2.47. The van der Waals surface area contributed by atoms with E-state index in [1.54, 1.807) is 0 Å². The summed E-state index contributed by atoms with van der Waals surface area (Å²) in [5.41, 5.74) is 10.7. The summed E-state index contributed by atoms with van der Waals surface area (Å²) in [7, 11) is 0. The Hall–Kier alpha value is -6.48. The fourth-order valence-corrected chi connectivity index (χ4v) is 8.97. The van der Waals surface area contributed by atoms with E-state index in [2.05, 4.69) is 205 Å². The van der Waals surface area contributed by atoms with Gasteiger partial charge >= 0.3 is 0 Å². The van der Waals surface area contributed by atoms with Gasteiger partial charge < -0.3 is 4.90 Å². The third-order valence-electron chi connectivity index (χ3n) is 10.2. The van der Waals surface area contributed by atoms with Crippen LogP contribution in [0.3, 0.4) is 0 Å². The molecule has 244 valence electrons. The van der Waals surface area contributed by atoms with Gasteiger partial charge in [0.05, 0.1) is 5.69 Å². The van der Waals surface area contributed by atoms with Crippen LogP contribution in [0.2, 0.25) is 0 Å². The zero-order valence-electron chi connectivity index (χ0n) is 28.4. The maximum Gasteiger partial charge on any atom is 0.0555 e. The Kier molecular flexibility index (Phi) is 7.41. The molecule has 0 unspecified atom stereocenters. The van der Waals surface area contributed by atoms with Crippen LogP contribution in [0.4, 0.5) is 17.1 Å². The molecule has 10 rings (SSSR count). The Labute approximate surface area is 307 Å². The van der Waals surface area contributed by atoms with Crippen LogP contribution >= 0.6 is 11.3 Å². The van der Waals surface area contributed by atoms with Crippen LogP contribution in [0, 0.1) is 0 Å². The van der Waals surface area contributed by atoms with Crippen LogP contribution in [-0.4, -0.2) is 0 Å². The van der Waals surface area contributed by atoms with Crippen LogP contribution < -0.4 is 4.90 Å². The molecule has 0 saturated heterocycles. The second kappa shape index (κ2) is 12.7. The SMILES string of the molecule is c1ccc(-c2ccc(-c3ccc(N(c4cccc(-c5ccccc5)c4)c4ccc5ccc6ccccc6c5c4)c4c3sc3ccccc34)cc2)cc1. The molecule has 0 bridgehead atoms. The zero-order valence-corrected chi connectivity index (χ0v) is 29.2. The average molecular weight is 680 g/mol. The molecule has 9 aromatic carbocycles. The fraction of sp³-hybridized carbons (Fsp3) is 0. The average Bonchev–Trinajstić information content (AvgIpc) is 3.62. The Morgan fingerprint density at radius 3 is 1.71 bits per heavy atom. The molecule has 0 saturated carbocycles. The predicted molar refractivity (Wildman–Crippen MR) is 225 cm³/mol. The zero-order chi connectivity index (χ0) is 34.4. The van der Waals surface area contributed by atoms with Gasteiger partial charge in [0.15, 0.2) is 0 Å².